The van der Waals surface area contributed by atoms with Crippen molar-refractivity contribution in [2.75, 3.05) is 0 Å². The van der Waals surface area contributed by atoms with E-state index in [1.807, 2.05) is 38.1 Å². The third-order valence-electron chi connectivity index (χ3n) is 3.36. The van der Waals surface area contributed by atoms with E-state index < -0.39 is 6.10 Å². The first-order valence-electron chi connectivity index (χ1n) is 6.61. The minimum absolute atomic E-state index is 0.0610. The fourth-order valence-corrected chi connectivity index (χ4v) is 2.44. The highest BCUT2D eigenvalue weighted by molar-refractivity contribution is 9.10. The highest BCUT2D eigenvalue weighted by Crippen LogP contribution is 2.29. The molecular formula is C17H16BrClO2. The quantitative estimate of drug-likeness (QED) is 0.679. The second-order valence-corrected chi connectivity index (χ2v) is 6.32. The van der Waals surface area contributed by atoms with Crippen molar-refractivity contribution in [2.45, 2.75) is 26.9 Å². The number of aryl methyl sites for hydroxylation is 2. The van der Waals surface area contributed by atoms with Crippen LogP contribution in [0.4, 0.5) is 0 Å². The molecule has 1 atom stereocenters. The molecule has 2 aromatic carbocycles. The average molecular weight is 368 g/mol. The van der Waals surface area contributed by atoms with Crippen LogP contribution < -0.4 is 4.74 Å². The second kappa shape index (κ2) is 6.63. The number of hydrogen-bond donors (Lipinski definition) is 0. The van der Waals surface area contributed by atoms with Crippen LogP contribution in [-0.2, 0) is 0 Å². The Bertz CT molecular complexity index is 682. The molecule has 0 radical (unpaired) electrons. The molecule has 0 aromatic heterocycles. The van der Waals surface area contributed by atoms with E-state index in [-0.39, 0.29) is 5.78 Å². The highest BCUT2D eigenvalue weighted by atomic mass is 79.9. The molecule has 0 saturated heterocycles. The first-order chi connectivity index (χ1) is 9.88. The van der Waals surface area contributed by atoms with E-state index in [1.54, 1.807) is 19.1 Å². The molecular weight excluding hydrogens is 352 g/mol. The van der Waals surface area contributed by atoms with Crippen LogP contribution in [0.25, 0.3) is 0 Å². The first kappa shape index (κ1) is 16.1. The van der Waals surface area contributed by atoms with Crippen LogP contribution in [0.15, 0.2) is 40.9 Å². The summed E-state index contributed by atoms with van der Waals surface area (Å²) in [6, 6.07) is 11.0. The molecule has 1 unspecified atom stereocenters. The number of hydrogen-bond acceptors (Lipinski definition) is 2. The van der Waals surface area contributed by atoms with Gasteiger partial charge >= 0.3 is 0 Å². The molecule has 4 heteroatoms. The molecule has 0 aliphatic heterocycles. The lowest BCUT2D eigenvalue weighted by molar-refractivity contribution is 0.0818. The van der Waals surface area contributed by atoms with Gasteiger partial charge in [0, 0.05) is 10.0 Å². The van der Waals surface area contributed by atoms with Crippen LogP contribution >= 0.6 is 27.5 Å². The number of carbonyl (C=O) groups excluding carboxylic acids is 1. The minimum atomic E-state index is -0.598. The van der Waals surface area contributed by atoms with Crippen molar-refractivity contribution in [2.24, 2.45) is 0 Å². The topological polar surface area (TPSA) is 26.3 Å². The van der Waals surface area contributed by atoms with E-state index >= 15 is 0 Å². The summed E-state index contributed by atoms with van der Waals surface area (Å²) in [7, 11) is 0. The molecule has 21 heavy (non-hydrogen) atoms. The summed E-state index contributed by atoms with van der Waals surface area (Å²) in [5.41, 5.74) is 2.90. The summed E-state index contributed by atoms with van der Waals surface area (Å²) in [6.45, 7) is 5.74. The number of ether oxygens (including phenoxy) is 1. The van der Waals surface area contributed by atoms with Crippen LogP contribution in [0, 0.1) is 13.8 Å². The lowest BCUT2D eigenvalue weighted by atomic mass is 10.0. The molecule has 2 rings (SSSR count). The number of benzene rings is 2. The van der Waals surface area contributed by atoms with Crippen molar-refractivity contribution in [1.82, 2.24) is 0 Å². The fourth-order valence-electron chi connectivity index (χ4n) is 1.94. The Morgan fingerprint density at radius 2 is 1.86 bits per heavy atom. The summed E-state index contributed by atoms with van der Waals surface area (Å²) in [5.74, 6) is 0.435. The normalized spacial score (nSPS) is 12.0. The van der Waals surface area contributed by atoms with Crippen LogP contribution in [0.3, 0.4) is 0 Å². The van der Waals surface area contributed by atoms with Crippen molar-refractivity contribution in [1.29, 1.82) is 0 Å². The maximum absolute atomic E-state index is 12.4. The van der Waals surface area contributed by atoms with E-state index in [2.05, 4.69) is 15.9 Å². The summed E-state index contributed by atoms with van der Waals surface area (Å²) in [4.78, 5) is 12.4. The number of rotatable bonds is 4. The van der Waals surface area contributed by atoms with Crippen molar-refractivity contribution in [3.63, 3.8) is 0 Å². The van der Waals surface area contributed by atoms with Crippen molar-refractivity contribution in [3.05, 3.63) is 62.6 Å². The molecule has 0 saturated carbocycles. The zero-order valence-corrected chi connectivity index (χ0v) is 14.5. The standard InChI is InChI=1S/C17H16BrClO2/c1-10-4-5-13(8-11(10)2)17(20)12(3)21-16-9-14(18)6-7-15(16)19/h4-9,12H,1-3H3. The Balaban J connectivity index is 2.19. The Morgan fingerprint density at radius 3 is 2.52 bits per heavy atom. The van der Waals surface area contributed by atoms with Crippen LogP contribution in [-0.4, -0.2) is 11.9 Å². The first-order valence-corrected chi connectivity index (χ1v) is 7.78. The third-order valence-corrected chi connectivity index (χ3v) is 4.16. The molecule has 2 nitrogen and oxygen atoms in total. The van der Waals surface area contributed by atoms with Gasteiger partial charge in [-0.05, 0) is 56.2 Å². The smallest absolute Gasteiger partial charge is 0.203 e. The van der Waals surface area contributed by atoms with Crippen molar-refractivity contribution >= 4 is 33.3 Å². The van der Waals surface area contributed by atoms with Gasteiger partial charge in [0.1, 0.15) is 5.75 Å². The summed E-state index contributed by atoms with van der Waals surface area (Å²) in [5, 5.41) is 0.484. The Hall–Kier alpha value is -1.32. The van der Waals surface area contributed by atoms with Gasteiger partial charge in [0.15, 0.2) is 6.10 Å². The van der Waals surface area contributed by atoms with Crippen molar-refractivity contribution < 1.29 is 9.53 Å². The molecule has 0 heterocycles. The number of carbonyl (C=O) groups is 1. The van der Waals surface area contributed by atoms with Gasteiger partial charge in [-0.3, -0.25) is 4.79 Å². The van der Waals surface area contributed by atoms with Gasteiger partial charge in [-0.25, -0.2) is 0 Å². The number of ketones is 1. The van der Waals surface area contributed by atoms with E-state index in [1.165, 1.54) is 0 Å². The van der Waals surface area contributed by atoms with E-state index in [9.17, 15) is 4.79 Å². The van der Waals surface area contributed by atoms with E-state index in [4.69, 9.17) is 16.3 Å². The van der Waals surface area contributed by atoms with E-state index in [0.717, 1.165) is 15.6 Å². The Kier molecular flexibility index (Phi) is 5.07. The molecule has 0 amide bonds. The van der Waals surface area contributed by atoms with E-state index in [0.29, 0.717) is 16.3 Å². The molecule has 0 N–H and O–H groups in total. The van der Waals surface area contributed by atoms with Crippen LogP contribution in [0.5, 0.6) is 5.75 Å². The van der Waals surface area contributed by atoms with Crippen LogP contribution in [0.2, 0.25) is 5.02 Å². The predicted molar refractivity (Wildman–Crippen MR) is 89.5 cm³/mol. The molecule has 0 spiro atoms. The van der Waals surface area contributed by atoms with Crippen molar-refractivity contribution in [3.8, 4) is 5.75 Å². The maximum atomic E-state index is 12.4. The predicted octanol–water partition coefficient (Wildman–Crippen LogP) is 5.37. The molecule has 0 bridgehead atoms. The molecule has 110 valence electrons. The third kappa shape index (κ3) is 3.86. The fraction of sp³-hybridized carbons (Fsp3) is 0.235. The van der Waals surface area contributed by atoms with Gasteiger partial charge < -0.3 is 4.74 Å². The maximum Gasteiger partial charge on any atom is 0.203 e. The van der Waals surface area contributed by atoms with Gasteiger partial charge in [-0.1, -0.05) is 39.7 Å². The molecule has 0 aliphatic rings. The molecule has 0 aliphatic carbocycles. The second-order valence-electron chi connectivity index (χ2n) is 5.00. The summed E-state index contributed by atoms with van der Waals surface area (Å²) in [6.07, 6.45) is -0.598. The average Bonchev–Trinajstić information content (AvgIpc) is 2.45. The SMILES string of the molecule is Cc1ccc(C(=O)C(C)Oc2cc(Br)ccc2Cl)cc1C. The van der Waals surface area contributed by atoms with Gasteiger partial charge in [-0.15, -0.1) is 0 Å². The summed E-state index contributed by atoms with van der Waals surface area (Å²) >= 11 is 9.44. The largest absolute Gasteiger partial charge is 0.481 e. The summed E-state index contributed by atoms with van der Waals surface area (Å²) < 4.78 is 6.56. The van der Waals surface area contributed by atoms with Gasteiger partial charge in [-0.2, -0.15) is 0 Å². The number of halogens is 2. The minimum Gasteiger partial charge on any atom is -0.481 e. The van der Waals surface area contributed by atoms with Gasteiger partial charge in [0.05, 0.1) is 5.02 Å². The Labute approximate surface area is 138 Å². The Morgan fingerprint density at radius 1 is 1.14 bits per heavy atom. The monoisotopic (exact) mass is 366 g/mol. The lowest BCUT2D eigenvalue weighted by Gasteiger charge is -2.15. The highest BCUT2D eigenvalue weighted by Gasteiger charge is 2.18. The van der Waals surface area contributed by atoms with Crippen LogP contribution in [0.1, 0.15) is 28.4 Å². The number of Topliss-reactive ketones (excluding diaryl/α,β-unsaturated/α-hetero) is 1. The zero-order chi connectivity index (χ0) is 15.6. The molecule has 0 fully saturated rings. The van der Waals surface area contributed by atoms with Gasteiger partial charge in [0.25, 0.3) is 0 Å². The zero-order valence-electron chi connectivity index (χ0n) is 12.1. The lowest BCUT2D eigenvalue weighted by Crippen LogP contribution is -2.24. The van der Waals surface area contributed by atoms with Gasteiger partial charge in [0.2, 0.25) is 5.78 Å². The molecule has 2 aromatic rings.